The molecular formula is C12H15F3N2O3. The highest BCUT2D eigenvalue weighted by atomic mass is 19.4. The van der Waals surface area contributed by atoms with Crippen LogP contribution in [0.3, 0.4) is 0 Å². The average Bonchev–Trinajstić information content (AvgIpc) is 2.37. The number of ether oxygens (including phenoxy) is 1. The smallest absolute Gasteiger partial charge is 0.371 e. The van der Waals surface area contributed by atoms with Gasteiger partial charge in [0, 0.05) is 24.7 Å². The lowest BCUT2D eigenvalue weighted by molar-refractivity contribution is -0.384. The maximum absolute atomic E-state index is 11.8. The van der Waals surface area contributed by atoms with Crippen LogP contribution in [0.4, 0.5) is 18.9 Å². The minimum absolute atomic E-state index is 0.00513. The molecule has 112 valence electrons. The summed E-state index contributed by atoms with van der Waals surface area (Å²) in [6.45, 7) is 0.747. The first kappa shape index (κ1) is 16.4. The molecule has 0 aliphatic carbocycles. The topological polar surface area (TPSA) is 64.4 Å². The first-order chi connectivity index (χ1) is 9.29. The number of benzene rings is 1. The third-order valence-corrected chi connectivity index (χ3v) is 2.57. The van der Waals surface area contributed by atoms with E-state index in [-0.39, 0.29) is 24.9 Å². The summed E-state index contributed by atoms with van der Waals surface area (Å²) >= 11 is 0. The Kier molecular flexibility index (Phi) is 5.90. The molecular weight excluding hydrogens is 277 g/mol. The van der Waals surface area contributed by atoms with Gasteiger partial charge in [-0.2, -0.15) is 13.2 Å². The Hall–Kier alpha value is -1.67. The highest BCUT2D eigenvalue weighted by Crippen LogP contribution is 2.17. The van der Waals surface area contributed by atoms with Crippen LogP contribution in [-0.4, -0.2) is 30.9 Å². The molecule has 1 rings (SSSR count). The fraction of sp³-hybridized carbons (Fsp3) is 0.500. The van der Waals surface area contributed by atoms with Gasteiger partial charge in [0.15, 0.2) is 0 Å². The molecule has 20 heavy (non-hydrogen) atoms. The minimum atomic E-state index is -4.32. The van der Waals surface area contributed by atoms with Crippen LogP contribution in [-0.2, 0) is 4.74 Å². The standard InChI is InChI=1S/C12H15F3N2O3/c1-9(16-6-7-20-8-12(13,14)15)10-2-4-11(5-3-10)17(18)19/h2-5,9,16H,6-8H2,1H3. The van der Waals surface area contributed by atoms with Gasteiger partial charge in [-0.05, 0) is 12.5 Å². The quantitative estimate of drug-likeness (QED) is 0.477. The number of halogens is 3. The Bertz CT molecular complexity index is 435. The Morgan fingerprint density at radius 2 is 1.95 bits per heavy atom. The van der Waals surface area contributed by atoms with Gasteiger partial charge < -0.3 is 10.1 Å². The number of nitro groups is 1. The van der Waals surface area contributed by atoms with E-state index in [1.165, 1.54) is 12.1 Å². The molecule has 1 aromatic rings. The third-order valence-electron chi connectivity index (χ3n) is 2.57. The molecule has 1 N–H and O–H groups in total. The minimum Gasteiger partial charge on any atom is -0.371 e. The lowest BCUT2D eigenvalue weighted by atomic mass is 10.1. The van der Waals surface area contributed by atoms with Gasteiger partial charge in [0.05, 0.1) is 11.5 Å². The second-order valence-corrected chi connectivity index (χ2v) is 4.19. The van der Waals surface area contributed by atoms with Crippen molar-refractivity contribution in [1.82, 2.24) is 5.32 Å². The molecule has 0 saturated heterocycles. The van der Waals surface area contributed by atoms with Crippen molar-refractivity contribution in [2.45, 2.75) is 19.1 Å². The number of alkyl halides is 3. The van der Waals surface area contributed by atoms with Crippen molar-refractivity contribution in [2.75, 3.05) is 19.8 Å². The molecule has 0 radical (unpaired) electrons. The van der Waals surface area contributed by atoms with Gasteiger partial charge in [-0.15, -0.1) is 0 Å². The van der Waals surface area contributed by atoms with Crippen LogP contribution < -0.4 is 5.32 Å². The van der Waals surface area contributed by atoms with Crippen molar-refractivity contribution in [2.24, 2.45) is 0 Å². The van der Waals surface area contributed by atoms with E-state index in [4.69, 9.17) is 0 Å². The highest BCUT2D eigenvalue weighted by molar-refractivity contribution is 5.33. The number of nitrogens with one attached hydrogen (secondary N) is 1. The van der Waals surface area contributed by atoms with Gasteiger partial charge in [-0.25, -0.2) is 0 Å². The van der Waals surface area contributed by atoms with Crippen LogP contribution in [0.15, 0.2) is 24.3 Å². The fourth-order valence-electron chi connectivity index (χ4n) is 1.54. The van der Waals surface area contributed by atoms with Gasteiger partial charge in [0.25, 0.3) is 5.69 Å². The van der Waals surface area contributed by atoms with E-state index in [9.17, 15) is 23.3 Å². The molecule has 1 aromatic carbocycles. The maximum atomic E-state index is 11.8. The summed E-state index contributed by atoms with van der Waals surface area (Å²) in [4.78, 5) is 10.00. The largest absolute Gasteiger partial charge is 0.411 e. The van der Waals surface area contributed by atoms with Crippen molar-refractivity contribution in [3.05, 3.63) is 39.9 Å². The fourth-order valence-corrected chi connectivity index (χ4v) is 1.54. The summed E-state index contributed by atoms with van der Waals surface area (Å²) in [6, 6.07) is 5.84. The SMILES string of the molecule is CC(NCCOCC(F)(F)F)c1ccc([N+](=O)[O-])cc1. The van der Waals surface area contributed by atoms with Crippen molar-refractivity contribution in [1.29, 1.82) is 0 Å². The normalized spacial score (nSPS) is 13.2. The van der Waals surface area contributed by atoms with Gasteiger partial charge in [0.1, 0.15) is 6.61 Å². The summed E-state index contributed by atoms with van der Waals surface area (Å²) in [5, 5.41) is 13.5. The van der Waals surface area contributed by atoms with Crippen LogP contribution in [0.5, 0.6) is 0 Å². The predicted octanol–water partition coefficient (Wildman–Crippen LogP) is 2.82. The maximum Gasteiger partial charge on any atom is 0.411 e. The predicted molar refractivity (Wildman–Crippen MR) is 66.4 cm³/mol. The molecule has 0 aliphatic rings. The Labute approximate surface area is 113 Å². The Balaban J connectivity index is 2.32. The molecule has 0 aromatic heterocycles. The average molecular weight is 292 g/mol. The Morgan fingerprint density at radius 3 is 2.45 bits per heavy atom. The molecule has 1 unspecified atom stereocenters. The van der Waals surface area contributed by atoms with Crippen LogP contribution in [0.1, 0.15) is 18.5 Å². The lowest BCUT2D eigenvalue weighted by Crippen LogP contribution is -2.25. The van der Waals surface area contributed by atoms with Gasteiger partial charge >= 0.3 is 6.18 Å². The molecule has 0 saturated carbocycles. The first-order valence-electron chi connectivity index (χ1n) is 5.92. The number of hydrogen-bond acceptors (Lipinski definition) is 4. The molecule has 0 bridgehead atoms. The van der Waals surface area contributed by atoms with Gasteiger partial charge in [0.2, 0.25) is 0 Å². The van der Waals surface area contributed by atoms with Gasteiger partial charge in [-0.3, -0.25) is 10.1 Å². The van der Waals surface area contributed by atoms with E-state index in [0.717, 1.165) is 5.56 Å². The Morgan fingerprint density at radius 1 is 1.35 bits per heavy atom. The number of nitro benzene ring substituents is 1. The molecule has 5 nitrogen and oxygen atoms in total. The summed E-state index contributed by atoms with van der Waals surface area (Å²) in [5.74, 6) is 0. The van der Waals surface area contributed by atoms with Crippen LogP contribution in [0, 0.1) is 10.1 Å². The number of hydrogen-bond donors (Lipinski definition) is 1. The van der Waals surface area contributed by atoms with Crippen molar-refractivity contribution < 1.29 is 22.8 Å². The zero-order valence-electron chi connectivity index (χ0n) is 10.8. The first-order valence-corrected chi connectivity index (χ1v) is 5.92. The lowest BCUT2D eigenvalue weighted by Gasteiger charge is -2.14. The molecule has 8 heteroatoms. The second kappa shape index (κ2) is 7.20. The van der Waals surface area contributed by atoms with Crippen molar-refractivity contribution in [3.8, 4) is 0 Å². The summed E-state index contributed by atoms with van der Waals surface area (Å²) in [6.07, 6.45) is -4.32. The van der Waals surface area contributed by atoms with E-state index in [0.29, 0.717) is 0 Å². The summed E-state index contributed by atoms with van der Waals surface area (Å²) in [5.41, 5.74) is 0.806. The monoisotopic (exact) mass is 292 g/mol. The van der Waals surface area contributed by atoms with Crippen LogP contribution >= 0.6 is 0 Å². The number of nitrogens with zero attached hydrogens (tertiary/aromatic N) is 1. The van der Waals surface area contributed by atoms with Gasteiger partial charge in [-0.1, -0.05) is 12.1 Å². The molecule has 1 atom stereocenters. The highest BCUT2D eigenvalue weighted by Gasteiger charge is 2.27. The molecule has 0 spiro atoms. The molecule has 0 amide bonds. The number of rotatable bonds is 7. The van der Waals surface area contributed by atoms with E-state index in [2.05, 4.69) is 10.1 Å². The zero-order chi connectivity index (χ0) is 15.2. The zero-order valence-corrected chi connectivity index (χ0v) is 10.8. The van der Waals surface area contributed by atoms with Crippen molar-refractivity contribution in [3.63, 3.8) is 0 Å². The number of non-ortho nitro benzene ring substituents is 1. The second-order valence-electron chi connectivity index (χ2n) is 4.19. The molecule has 0 heterocycles. The van der Waals surface area contributed by atoms with E-state index in [1.54, 1.807) is 12.1 Å². The van der Waals surface area contributed by atoms with Crippen molar-refractivity contribution >= 4 is 5.69 Å². The third kappa shape index (κ3) is 5.98. The van der Waals surface area contributed by atoms with E-state index in [1.807, 2.05) is 6.92 Å². The molecule has 0 aliphatic heterocycles. The van der Waals surface area contributed by atoms with E-state index < -0.39 is 17.7 Å². The molecule has 0 fully saturated rings. The summed E-state index contributed by atoms with van der Waals surface area (Å²) < 4.78 is 39.9. The van der Waals surface area contributed by atoms with Crippen LogP contribution in [0.25, 0.3) is 0 Å². The van der Waals surface area contributed by atoms with E-state index >= 15 is 0 Å². The summed E-state index contributed by atoms with van der Waals surface area (Å²) in [7, 11) is 0. The van der Waals surface area contributed by atoms with Crippen LogP contribution in [0.2, 0.25) is 0 Å².